The minimum Gasteiger partial charge on any atom is -0.365 e. The molecule has 2 aromatic heterocycles. The molecule has 5 aromatic rings. The van der Waals surface area contributed by atoms with Crippen LogP contribution in [0.25, 0.3) is 33.4 Å². The van der Waals surface area contributed by atoms with Gasteiger partial charge in [-0.2, -0.15) is 26.3 Å². The first-order chi connectivity index (χ1) is 18.1. The summed E-state index contributed by atoms with van der Waals surface area (Å²) in [6.07, 6.45) is -7.91. The van der Waals surface area contributed by atoms with Crippen LogP contribution in [0.3, 0.4) is 0 Å². The van der Waals surface area contributed by atoms with Gasteiger partial charge in [0.2, 0.25) is 0 Å². The van der Waals surface area contributed by atoms with Crippen molar-refractivity contribution in [3.63, 3.8) is 0 Å². The molecule has 192 valence electrons. The predicted octanol–water partition coefficient (Wildman–Crippen LogP) is 8.01. The fraction of sp³-hybridized carbons (Fsp3) is 0.107. The summed E-state index contributed by atoms with van der Waals surface area (Å²) in [5.41, 5.74) is 0.841. The van der Waals surface area contributed by atoms with Crippen LogP contribution in [0.5, 0.6) is 0 Å². The Bertz CT molecular complexity index is 1590. The van der Waals surface area contributed by atoms with E-state index in [1.165, 1.54) is 18.2 Å². The van der Waals surface area contributed by atoms with Crippen molar-refractivity contribution >= 4 is 16.7 Å². The van der Waals surface area contributed by atoms with Crippen LogP contribution in [-0.2, 0) is 18.9 Å². The number of anilines is 1. The largest absolute Gasteiger partial charge is 0.433 e. The first-order valence-corrected chi connectivity index (χ1v) is 11.4. The smallest absolute Gasteiger partial charge is 0.365 e. The lowest BCUT2D eigenvalue weighted by Gasteiger charge is -2.13. The van der Waals surface area contributed by atoms with E-state index in [1.807, 2.05) is 0 Å². The molecule has 0 spiro atoms. The summed E-state index contributed by atoms with van der Waals surface area (Å²) in [7, 11) is 0. The lowest BCUT2D eigenvalue weighted by Crippen LogP contribution is -2.07. The van der Waals surface area contributed by atoms with E-state index in [0.717, 1.165) is 30.0 Å². The van der Waals surface area contributed by atoms with Gasteiger partial charge in [0.05, 0.1) is 11.1 Å². The van der Waals surface area contributed by atoms with E-state index in [1.54, 1.807) is 48.5 Å². The predicted molar refractivity (Wildman–Crippen MR) is 132 cm³/mol. The van der Waals surface area contributed by atoms with Gasteiger partial charge in [-0.3, -0.25) is 4.98 Å². The fourth-order valence-electron chi connectivity index (χ4n) is 3.94. The molecule has 0 aliphatic rings. The standard InChI is InChI=1S/C28H18F6N4/c29-27(30,31)21-5-3-4-20(14-21)25-37-23-7-2-1-6-22(23)26(38-25)36-16-17-8-10-18(11-9-17)19-12-13-35-24(15-19)28(32,33)34/h1-15H,16H2,(H,36,37,38). The Morgan fingerprint density at radius 1 is 0.658 bits per heavy atom. The van der Waals surface area contributed by atoms with Crippen molar-refractivity contribution in [3.05, 3.63) is 108 Å². The van der Waals surface area contributed by atoms with E-state index in [9.17, 15) is 26.3 Å². The van der Waals surface area contributed by atoms with Crippen molar-refractivity contribution in [2.45, 2.75) is 18.9 Å². The average Bonchev–Trinajstić information content (AvgIpc) is 2.91. The zero-order valence-corrected chi connectivity index (χ0v) is 19.5. The van der Waals surface area contributed by atoms with Crippen LogP contribution < -0.4 is 5.32 Å². The molecule has 10 heteroatoms. The highest BCUT2D eigenvalue weighted by atomic mass is 19.4. The highest BCUT2D eigenvalue weighted by molar-refractivity contribution is 5.90. The van der Waals surface area contributed by atoms with Crippen molar-refractivity contribution in [3.8, 4) is 22.5 Å². The Morgan fingerprint density at radius 2 is 1.42 bits per heavy atom. The molecular formula is C28H18F6N4. The maximum atomic E-state index is 13.2. The molecule has 1 N–H and O–H groups in total. The first kappa shape index (κ1) is 25.2. The SMILES string of the molecule is FC(F)(F)c1cccc(-c2nc(NCc3ccc(-c4ccnc(C(F)(F)F)c4)cc3)c3ccccc3n2)c1. The third kappa shape index (κ3) is 5.44. The van der Waals surface area contributed by atoms with Gasteiger partial charge in [0.15, 0.2) is 5.82 Å². The van der Waals surface area contributed by atoms with Gasteiger partial charge >= 0.3 is 12.4 Å². The number of hydrogen-bond acceptors (Lipinski definition) is 4. The normalized spacial score (nSPS) is 12.1. The number of nitrogens with one attached hydrogen (secondary N) is 1. The van der Waals surface area contributed by atoms with E-state index in [-0.39, 0.29) is 11.4 Å². The number of pyridine rings is 1. The molecule has 0 saturated heterocycles. The summed E-state index contributed by atoms with van der Waals surface area (Å²) in [4.78, 5) is 12.3. The lowest BCUT2D eigenvalue weighted by molar-refractivity contribution is -0.141. The fourth-order valence-corrected chi connectivity index (χ4v) is 3.94. The summed E-state index contributed by atoms with van der Waals surface area (Å²) in [5, 5.41) is 3.91. The van der Waals surface area contributed by atoms with Gasteiger partial charge in [0, 0.05) is 23.7 Å². The highest BCUT2D eigenvalue weighted by Gasteiger charge is 2.32. The van der Waals surface area contributed by atoms with Crippen LogP contribution in [-0.4, -0.2) is 15.0 Å². The van der Waals surface area contributed by atoms with Crippen LogP contribution in [0.1, 0.15) is 16.8 Å². The first-order valence-electron chi connectivity index (χ1n) is 11.4. The Balaban J connectivity index is 1.41. The summed E-state index contributed by atoms with van der Waals surface area (Å²) < 4.78 is 78.7. The number of hydrogen-bond donors (Lipinski definition) is 1. The maximum absolute atomic E-state index is 13.2. The molecule has 38 heavy (non-hydrogen) atoms. The number of aromatic nitrogens is 3. The second-order valence-corrected chi connectivity index (χ2v) is 8.47. The zero-order valence-electron chi connectivity index (χ0n) is 19.5. The molecule has 0 bridgehead atoms. The average molecular weight is 524 g/mol. The third-order valence-electron chi connectivity index (χ3n) is 5.85. The van der Waals surface area contributed by atoms with Crippen molar-refractivity contribution in [1.29, 1.82) is 0 Å². The Kier molecular flexibility index (Phi) is 6.48. The summed E-state index contributed by atoms with van der Waals surface area (Å²) in [6.45, 7) is 0.313. The maximum Gasteiger partial charge on any atom is 0.433 e. The van der Waals surface area contributed by atoms with Crippen LogP contribution in [0, 0.1) is 0 Å². The van der Waals surface area contributed by atoms with Crippen molar-refractivity contribution in [2.75, 3.05) is 5.32 Å². The second-order valence-electron chi connectivity index (χ2n) is 8.47. The quantitative estimate of drug-likeness (QED) is 0.237. The number of para-hydroxylation sites is 1. The molecule has 4 nitrogen and oxygen atoms in total. The Labute approximate surface area is 213 Å². The monoisotopic (exact) mass is 524 g/mol. The molecule has 0 radical (unpaired) electrons. The number of nitrogens with zero attached hydrogens (tertiary/aromatic N) is 3. The molecule has 0 atom stereocenters. The van der Waals surface area contributed by atoms with Crippen molar-refractivity contribution in [2.24, 2.45) is 0 Å². The van der Waals surface area contributed by atoms with Gasteiger partial charge in [0.1, 0.15) is 11.5 Å². The van der Waals surface area contributed by atoms with E-state index < -0.39 is 23.6 Å². The van der Waals surface area contributed by atoms with Gasteiger partial charge < -0.3 is 5.32 Å². The molecule has 0 aliphatic heterocycles. The minimum absolute atomic E-state index is 0.144. The second kappa shape index (κ2) is 9.77. The van der Waals surface area contributed by atoms with Gasteiger partial charge in [-0.15, -0.1) is 0 Å². The number of halogens is 6. The summed E-state index contributed by atoms with van der Waals surface area (Å²) in [6, 6.07) is 21.4. The van der Waals surface area contributed by atoms with Gasteiger partial charge in [0.25, 0.3) is 0 Å². The number of benzene rings is 3. The van der Waals surface area contributed by atoms with Gasteiger partial charge in [-0.25, -0.2) is 9.97 Å². The molecule has 0 aliphatic carbocycles. The van der Waals surface area contributed by atoms with E-state index >= 15 is 0 Å². The molecule has 3 aromatic carbocycles. The Hall–Kier alpha value is -4.47. The summed E-state index contributed by atoms with van der Waals surface area (Å²) >= 11 is 0. The van der Waals surface area contributed by atoms with Gasteiger partial charge in [-0.05, 0) is 53.1 Å². The van der Waals surface area contributed by atoms with Crippen LogP contribution in [0.15, 0.2) is 91.1 Å². The molecule has 5 rings (SSSR count). The lowest BCUT2D eigenvalue weighted by atomic mass is 10.0. The molecule has 0 saturated carbocycles. The van der Waals surface area contributed by atoms with Crippen LogP contribution in [0.2, 0.25) is 0 Å². The highest BCUT2D eigenvalue weighted by Crippen LogP contribution is 2.33. The molecule has 2 heterocycles. The third-order valence-corrected chi connectivity index (χ3v) is 5.85. The summed E-state index contributed by atoms with van der Waals surface area (Å²) in [5.74, 6) is 0.585. The van der Waals surface area contributed by atoms with E-state index in [0.29, 0.717) is 34.4 Å². The molecule has 0 unspecified atom stereocenters. The van der Waals surface area contributed by atoms with E-state index in [4.69, 9.17) is 0 Å². The van der Waals surface area contributed by atoms with Crippen molar-refractivity contribution in [1.82, 2.24) is 15.0 Å². The number of fused-ring (bicyclic) bond motifs is 1. The zero-order chi connectivity index (χ0) is 26.9. The van der Waals surface area contributed by atoms with Crippen LogP contribution in [0.4, 0.5) is 32.2 Å². The molecule has 0 amide bonds. The topological polar surface area (TPSA) is 50.7 Å². The van der Waals surface area contributed by atoms with Crippen LogP contribution >= 0.6 is 0 Å². The van der Waals surface area contributed by atoms with Crippen molar-refractivity contribution < 1.29 is 26.3 Å². The van der Waals surface area contributed by atoms with E-state index in [2.05, 4.69) is 20.3 Å². The minimum atomic E-state index is -4.53. The Morgan fingerprint density at radius 3 is 2.16 bits per heavy atom. The molecule has 0 fully saturated rings. The number of rotatable bonds is 5. The number of alkyl halides is 6. The van der Waals surface area contributed by atoms with Gasteiger partial charge in [-0.1, -0.05) is 48.5 Å². The molecular weight excluding hydrogens is 506 g/mol.